The van der Waals surface area contributed by atoms with Crippen molar-refractivity contribution in [2.45, 2.75) is 36.7 Å². The fourth-order valence-electron chi connectivity index (χ4n) is 2.26. The summed E-state index contributed by atoms with van der Waals surface area (Å²) in [7, 11) is -3.45. The minimum absolute atomic E-state index is 0.00459. The summed E-state index contributed by atoms with van der Waals surface area (Å²) in [6.45, 7) is 1.62. The lowest BCUT2D eigenvalue weighted by Crippen LogP contribution is -2.35. The molecule has 0 radical (unpaired) electrons. The second kappa shape index (κ2) is 7.17. The number of sulfonamides is 1. The molecule has 1 atom stereocenters. The van der Waals surface area contributed by atoms with Crippen LogP contribution in [0.1, 0.15) is 24.8 Å². The molecule has 5 nitrogen and oxygen atoms in total. The van der Waals surface area contributed by atoms with Gasteiger partial charge in [-0.15, -0.1) is 0 Å². The quantitative estimate of drug-likeness (QED) is 0.822. The Morgan fingerprint density at radius 2 is 2.00 bits per heavy atom. The molecule has 0 saturated carbocycles. The fourth-order valence-corrected chi connectivity index (χ4v) is 3.32. The predicted octanol–water partition coefficient (Wildman–Crippen LogP) is 1.04. The number of ether oxygens (including phenoxy) is 1. The van der Waals surface area contributed by atoms with E-state index in [2.05, 4.69) is 4.72 Å². The third kappa shape index (κ3) is 4.28. The van der Waals surface area contributed by atoms with Crippen molar-refractivity contribution in [1.82, 2.24) is 4.72 Å². The second-order valence-electron chi connectivity index (χ2n) is 5.02. The molecule has 3 N–H and O–H groups in total. The number of benzene rings is 1. The largest absolute Gasteiger partial charge is 0.377 e. The molecule has 6 heteroatoms. The molecule has 20 heavy (non-hydrogen) atoms. The summed E-state index contributed by atoms with van der Waals surface area (Å²) in [4.78, 5) is 0.286. The van der Waals surface area contributed by atoms with Gasteiger partial charge in [0.25, 0.3) is 0 Å². The number of nitrogens with two attached hydrogens (primary N) is 1. The first-order chi connectivity index (χ1) is 9.62. The molecule has 0 aromatic heterocycles. The maximum Gasteiger partial charge on any atom is 0.240 e. The zero-order valence-corrected chi connectivity index (χ0v) is 12.4. The van der Waals surface area contributed by atoms with Crippen LogP contribution in [-0.2, 0) is 21.2 Å². The second-order valence-corrected chi connectivity index (χ2v) is 6.79. The summed E-state index contributed by atoms with van der Waals surface area (Å²) in [5, 5.41) is 0. The van der Waals surface area contributed by atoms with Gasteiger partial charge < -0.3 is 10.5 Å². The first-order valence-electron chi connectivity index (χ1n) is 7.02. The van der Waals surface area contributed by atoms with Gasteiger partial charge in [0, 0.05) is 13.2 Å². The lowest BCUT2D eigenvalue weighted by molar-refractivity contribution is 0.0200. The van der Waals surface area contributed by atoms with Gasteiger partial charge in [-0.25, -0.2) is 13.1 Å². The van der Waals surface area contributed by atoms with Crippen LogP contribution >= 0.6 is 0 Å². The molecule has 1 fully saturated rings. The average Bonchev–Trinajstić information content (AvgIpc) is 2.47. The van der Waals surface area contributed by atoms with Gasteiger partial charge in [0.15, 0.2) is 0 Å². The number of hydrogen-bond donors (Lipinski definition) is 2. The SMILES string of the molecule is NCCc1ccc(S(=O)(=O)NCC2CCCCO2)cc1. The van der Waals surface area contributed by atoms with Crippen LogP contribution in [0.2, 0.25) is 0 Å². The maximum absolute atomic E-state index is 12.2. The van der Waals surface area contributed by atoms with Crippen LogP contribution in [0.3, 0.4) is 0 Å². The lowest BCUT2D eigenvalue weighted by Gasteiger charge is -2.22. The van der Waals surface area contributed by atoms with Crippen molar-refractivity contribution in [3.05, 3.63) is 29.8 Å². The van der Waals surface area contributed by atoms with Crippen LogP contribution in [0.15, 0.2) is 29.2 Å². The highest BCUT2D eigenvalue weighted by atomic mass is 32.2. The van der Waals surface area contributed by atoms with Crippen LogP contribution in [0.25, 0.3) is 0 Å². The minimum atomic E-state index is -3.45. The van der Waals surface area contributed by atoms with E-state index >= 15 is 0 Å². The summed E-state index contributed by atoms with van der Waals surface area (Å²) in [6, 6.07) is 6.85. The predicted molar refractivity (Wildman–Crippen MR) is 78.0 cm³/mol. The van der Waals surface area contributed by atoms with Gasteiger partial charge in [0.05, 0.1) is 11.0 Å². The summed E-state index contributed by atoms with van der Waals surface area (Å²) in [6.07, 6.45) is 3.82. The van der Waals surface area contributed by atoms with E-state index in [1.807, 2.05) is 0 Å². The summed E-state index contributed by atoms with van der Waals surface area (Å²) >= 11 is 0. The Hall–Kier alpha value is -0.950. The Bertz CT molecular complexity index is 508. The molecule has 112 valence electrons. The first kappa shape index (κ1) is 15.4. The van der Waals surface area contributed by atoms with Gasteiger partial charge in [-0.1, -0.05) is 12.1 Å². The molecule has 1 heterocycles. The topological polar surface area (TPSA) is 81.4 Å². The van der Waals surface area contributed by atoms with Crippen LogP contribution in [-0.4, -0.2) is 34.2 Å². The van der Waals surface area contributed by atoms with Gasteiger partial charge in [0.1, 0.15) is 0 Å². The highest BCUT2D eigenvalue weighted by Crippen LogP contribution is 2.14. The highest BCUT2D eigenvalue weighted by molar-refractivity contribution is 7.89. The molecular formula is C14H22N2O3S. The van der Waals surface area contributed by atoms with Gasteiger partial charge in [0.2, 0.25) is 10.0 Å². The van der Waals surface area contributed by atoms with E-state index in [-0.39, 0.29) is 11.0 Å². The average molecular weight is 298 g/mol. The number of hydrogen-bond acceptors (Lipinski definition) is 4. The molecule has 0 amide bonds. The molecule has 0 spiro atoms. The standard InChI is InChI=1S/C14H22N2O3S/c15-9-8-12-4-6-14(7-5-12)20(17,18)16-11-13-3-1-2-10-19-13/h4-7,13,16H,1-3,8-11,15H2. The number of nitrogens with one attached hydrogen (secondary N) is 1. The molecular weight excluding hydrogens is 276 g/mol. The van der Waals surface area contributed by atoms with Gasteiger partial charge in [-0.05, 0) is 49.9 Å². The lowest BCUT2D eigenvalue weighted by atomic mass is 10.1. The molecule has 0 bridgehead atoms. The van der Waals surface area contributed by atoms with Crippen molar-refractivity contribution >= 4 is 10.0 Å². The Morgan fingerprint density at radius 1 is 1.25 bits per heavy atom. The van der Waals surface area contributed by atoms with Crippen LogP contribution in [0.5, 0.6) is 0 Å². The van der Waals surface area contributed by atoms with Crippen LogP contribution in [0, 0.1) is 0 Å². The zero-order chi connectivity index (χ0) is 14.4. The minimum Gasteiger partial charge on any atom is -0.377 e. The molecule has 1 saturated heterocycles. The Labute approximate surface area is 120 Å². The molecule has 2 rings (SSSR count). The maximum atomic E-state index is 12.2. The molecule has 1 unspecified atom stereocenters. The van der Waals surface area contributed by atoms with E-state index in [4.69, 9.17) is 10.5 Å². The number of rotatable bonds is 6. The van der Waals surface area contributed by atoms with E-state index in [0.29, 0.717) is 13.1 Å². The van der Waals surface area contributed by atoms with Crippen molar-refractivity contribution in [1.29, 1.82) is 0 Å². The van der Waals surface area contributed by atoms with Gasteiger partial charge >= 0.3 is 0 Å². The molecule has 0 aliphatic carbocycles. The van der Waals surface area contributed by atoms with Crippen molar-refractivity contribution in [3.63, 3.8) is 0 Å². The fraction of sp³-hybridized carbons (Fsp3) is 0.571. The first-order valence-corrected chi connectivity index (χ1v) is 8.50. The van der Waals surface area contributed by atoms with Crippen molar-refractivity contribution in [2.75, 3.05) is 19.7 Å². The normalized spacial score (nSPS) is 19.9. The molecule has 1 aliphatic rings. The molecule has 1 aromatic rings. The van der Waals surface area contributed by atoms with E-state index in [9.17, 15) is 8.42 Å². The Kier molecular flexibility index (Phi) is 5.54. The molecule has 1 aliphatic heterocycles. The van der Waals surface area contributed by atoms with E-state index < -0.39 is 10.0 Å². The van der Waals surface area contributed by atoms with Gasteiger partial charge in [-0.2, -0.15) is 0 Å². The van der Waals surface area contributed by atoms with Crippen LogP contribution in [0.4, 0.5) is 0 Å². The van der Waals surface area contributed by atoms with Crippen molar-refractivity contribution < 1.29 is 13.2 Å². The van der Waals surface area contributed by atoms with Gasteiger partial charge in [-0.3, -0.25) is 0 Å². The third-order valence-corrected chi connectivity index (χ3v) is 4.88. The molecule has 1 aromatic carbocycles. The third-order valence-electron chi connectivity index (χ3n) is 3.44. The smallest absolute Gasteiger partial charge is 0.240 e. The summed E-state index contributed by atoms with van der Waals surface area (Å²) in [5.41, 5.74) is 6.51. The highest BCUT2D eigenvalue weighted by Gasteiger charge is 2.19. The van der Waals surface area contributed by atoms with E-state index in [1.165, 1.54) is 0 Å². The monoisotopic (exact) mass is 298 g/mol. The summed E-state index contributed by atoms with van der Waals surface area (Å²) in [5.74, 6) is 0. The zero-order valence-electron chi connectivity index (χ0n) is 11.5. The van der Waals surface area contributed by atoms with Crippen molar-refractivity contribution in [3.8, 4) is 0 Å². The van der Waals surface area contributed by atoms with E-state index in [0.717, 1.165) is 37.9 Å². The summed E-state index contributed by atoms with van der Waals surface area (Å²) < 4.78 is 32.4. The Morgan fingerprint density at radius 3 is 2.60 bits per heavy atom. The van der Waals surface area contributed by atoms with Crippen LogP contribution < -0.4 is 10.5 Å². The van der Waals surface area contributed by atoms with Crippen molar-refractivity contribution in [2.24, 2.45) is 5.73 Å². The Balaban J connectivity index is 1.94. The van der Waals surface area contributed by atoms with E-state index in [1.54, 1.807) is 24.3 Å².